The van der Waals surface area contributed by atoms with E-state index in [1.54, 1.807) is 6.92 Å². The Morgan fingerprint density at radius 2 is 1.82 bits per heavy atom. The first-order chi connectivity index (χ1) is 7.99. The zero-order valence-corrected chi connectivity index (χ0v) is 10.6. The Kier molecular flexibility index (Phi) is 4.73. The number of hydrogen-bond acceptors (Lipinski definition) is 4. The van der Waals surface area contributed by atoms with Crippen molar-refractivity contribution in [2.45, 2.75) is 51.0 Å². The molecule has 0 unspecified atom stereocenters. The normalized spacial score (nSPS) is 18.2. The van der Waals surface area contributed by atoms with Gasteiger partial charge in [0.2, 0.25) is 0 Å². The number of methoxy groups -OCH3 is 1. The number of carbonyl (C=O) groups excluding carboxylic acids is 2. The van der Waals surface area contributed by atoms with Crippen LogP contribution in [0.2, 0.25) is 0 Å². The molecule has 0 N–H and O–H groups in total. The van der Waals surface area contributed by atoms with Crippen LogP contribution in [0.5, 0.6) is 0 Å². The smallest absolute Gasteiger partial charge is 0.333 e. The summed E-state index contributed by atoms with van der Waals surface area (Å²) in [5.74, 6) is -0.753. The highest BCUT2D eigenvalue weighted by Gasteiger charge is 2.38. The molecule has 96 valence electrons. The second kappa shape index (κ2) is 5.84. The first-order valence-corrected chi connectivity index (χ1v) is 5.95. The fourth-order valence-corrected chi connectivity index (χ4v) is 2.13. The zero-order valence-electron chi connectivity index (χ0n) is 10.6. The number of rotatable bonds is 4. The van der Waals surface area contributed by atoms with Crippen molar-refractivity contribution in [3.63, 3.8) is 0 Å². The van der Waals surface area contributed by atoms with Crippen molar-refractivity contribution in [2.24, 2.45) is 0 Å². The molecule has 0 heterocycles. The molecule has 0 radical (unpaired) electrons. The van der Waals surface area contributed by atoms with E-state index < -0.39 is 11.6 Å². The topological polar surface area (TPSA) is 52.6 Å². The van der Waals surface area contributed by atoms with Gasteiger partial charge in [0.25, 0.3) is 0 Å². The van der Waals surface area contributed by atoms with E-state index in [0.29, 0.717) is 5.57 Å². The molecule has 4 nitrogen and oxygen atoms in total. The van der Waals surface area contributed by atoms with Crippen LogP contribution in [0.1, 0.15) is 45.4 Å². The maximum Gasteiger partial charge on any atom is 0.333 e. The lowest BCUT2D eigenvalue weighted by atomic mass is 9.82. The van der Waals surface area contributed by atoms with E-state index in [1.165, 1.54) is 7.11 Å². The summed E-state index contributed by atoms with van der Waals surface area (Å²) in [7, 11) is 1.35. The van der Waals surface area contributed by atoms with E-state index >= 15 is 0 Å². The van der Waals surface area contributed by atoms with Crippen molar-refractivity contribution in [1.82, 2.24) is 0 Å². The van der Waals surface area contributed by atoms with Gasteiger partial charge < -0.3 is 9.47 Å². The van der Waals surface area contributed by atoms with Crippen LogP contribution in [0.4, 0.5) is 0 Å². The van der Waals surface area contributed by atoms with Crippen LogP contribution in [0, 0.1) is 0 Å². The molecule has 0 amide bonds. The van der Waals surface area contributed by atoms with E-state index in [1.807, 2.05) is 0 Å². The third kappa shape index (κ3) is 3.88. The molecular formula is C13H20O4. The Balaban J connectivity index is 2.74. The summed E-state index contributed by atoms with van der Waals surface area (Å²) in [4.78, 5) is 23.0. The molecule has 4 heteroatoms. The van der Waals surface area contributed by atoms with Gasteiger partial charge in [0.05, 0.1) is 13.5 Å². The number of hydrogen-bond donors (Lipinski definition) is 0. The minimum atomic E-state index is -0.679. The van der Waals surface area contributed by atoms with E-state index in [-0.39, 0.29) is 12.4 Å². The molecule has 0 aromatic rings. The molecule has 0 saturated heterocycles. The second-order valence-corrected chi connectivity index (χ2v) is 4.67. The fraction of sp³-hybridized carbons (Fsp3) is 0.692. The largest absolute Gasteiger partial charge is 0.469 e. The van der Waals surface area contributed by atoms with Crippen molar-refractivity contribution in [1.29, 1.82) is 0 Å². The van der Waals surface area contributed by atoms with Gasteiger partial charge in [-0.15, -0.1) is 0 Å². The Labute approximate surface area is 102 Å². The number of carbonyl (C=O) groups is 2. The van der Waals surface area contributed by atoms with Gasteiger partial charge in [-0.25, -0.2) is 4.79 Å². The lowest BCUT2D eigenvalue weighted by Gasteiger charge is -2.35. The average Bonchev–Trinajstić information content (AvgIpc) is 2.29. The first kappa shape index (κ1) is 13.7. The summed E-state index contributed by atoms with van der Waals surface area (Å²) in [6.45, 7) is 5.17. The van der Waals surface area contributed by atoms with Crippen molar-refractivity contribution in [3.8, 4) is 0 Å². The van der Waals surface area contributed by atoms with Gasteiger partial charge in [0.1, 0.15) is 5.60 Å². The van der Waals surface area contributed by atoms with E-state index in [4.69, 9.17) is 4.74 Å². The minimum Gasteiger partial charge on any atom is -0.469 e. The first-order valence-electron chi connectivity index (χ1n) is 5.95. The lowest BCUT2D eigenvalue weighted by molar-refractivity contribution is -0.165. The maximum absolute atomic E-state index is 11.6. The molecule has 0 spiro atoms. The van der Waals surface area contributed by atoms with Crippen molar-refractivity contribution in [2.75, 3.05) is 7.11 Å². The van der Waals surface area contributed by atoms with E-state index in [0.717, 1.165) is 32.1 Å². The van der Waals surface area contributed by atoms with Crippen LogP contribution < -0.4 is 0 Å². The number of esters is 2. The second-order valence-electron chi connectivity index (χ2n) is 4.67. The molecule has 17 heavy (non-hydrogen) atoms. The third-order valence-corrected chi connectivity index (χ3v) is 3.12. The summed E-state index contributed by atoms with van der Waals surface area (Å²) in [5.41, 5.74) is -0.318. The SMILES string of the molecule is C=C(C)C(=O)OC1(CC(=O)OC)CCCCC1. The highest BCUT2D eigenvalue weighted by Crippen LogP contribution is 2.35. The van der Waals surface area contributed by atoms with Gasteiger partial charge >= 0.3 is 11.9 Å². The van der Waals surface area contributed by atoms with Crippen LogP contribution in [0.25, 0.3) is 0 Å². The molecule has 0 bridgehead atoms. The monoisotopic (exact) mass is 240 g/mol. The van der Waals surface area contributed by atoms with Crippen LogP contribution in [-0.2, 0) is 19.1 Å². The van der Waals surface area contributed by atoms with Crippen molar-refractivity contribution < 1.29 is 19.1 Å². The predicted octanol–water partition coefficient (Wildman–Crippen LogP) is 2.37. The molecule has 0 aliphatic heterocycles. The maximum atomic E-state index is 11.6. The van der Waals surface area contributed by atoms with Crippen molar-refractivity contribution >= 4 is 11.9 Å². The van der Waals surface area contributed by atoms with Gasteiger partial charge in [0, 0.05) is 5.57 Å². The summed E-state index contributed by atoms with van der Waals surface area (Å²) in [5, 5.41) is 0. The molecule has 0 atom stereocenters. The minimum absolute atomic E-state index is 0.141. The highest BCUT2D eigenvalue weighted by atomic mass is 16.6. The van der Waals surface area contributed by atoms with Gasteiger partial charge in [-0.2, -0.15) is 0 Å². The van der Waals surface area contributed by atoms with Gasteiger partial charge in [0.15, 0.2) is 0 Å². The standard InChI is InChI=1S/C13H20O4/c1-10(2)12(15)17-13(9-11(14)16-3)7-5-4-6-8-13/h1,4-9H2,2-3H3. The van der Waals surface area contributed by atoms with E-state index in [9.17, 15) is 9.59 Å². The summed E-state index contributed by atoms with van der Waals surface area (Å²) < 4.78 is 10.1. The van der Waals surface area contributed by atoms with Gasteiger partial charge in [-0.05, 0) is 32.6 Å². The van der Waals surface area contributed by atoms with E-state index in [2.05, 4.69) is 11.3 Å². The Morgan fingerprint density at radius 1 is 1.24 bits per heavy atom. The molecule has 1 aliphatic carbocycles. The van der Waals surface area contributed by atoms with Crippen molar-refractivity contribution in [3.05, 3.63) is 12.2 Å². The fourth-order valence-electron chi connectivity index (χ4n) is 2.13. The summed E-state index contributed by atoms with van der Waals surface area (Å²) in [6.07, 6.45) is 4.65. The highest BCUT2D eigenvalue weighted by molar-refractivity contribution is 5.87. The van der Waals surface area contributed by atoms with Crippen LogP contribution in [-0.4, -0.2) is 24.6 Å². The third-order valence-electron chi connectivity index (χ3n) is 3.12. The Hall–Kier alpha value is -1.32. The molecule has 1 fully saturated rings. The Bertz CT molecular complexity index is 313. The quantitative estimate of drug-likeness (QED) is 0.559. The van der Waals surface area contributed by atoms with Crippen LogP contribution in [0.3, 0.4) is 0 Å². The molecule has 0 aromatic heterocycles. The van der Waals surface area contributed by atoms with Gasteiger partial charge in [-0.1, -0.05) is 13.0 Å². The lowest BCUT2D eigenvalue weighted by Crippen LogP contribution is -2.40. The summed E-state index contributed by atoms with van der Waals surface area (Å²) >= 11 is 0. The molecule has 1 saturated carbocycles. The number of ether oxygens (including phenoxy) is 2. The average molecular weight is 240 g/mol. The zero-order chi connectivity index (χ0) is 12.9. The molecule has 0 aromatic carbocycles. The van der Waals surface area contributed by atoms with Gasteiger partial charge in [-0.3, -0.25) is 4.79 Å². The Morgan fingerprint density at radius 3 is 2.29 bits per heavy atom. The predicted molar refractivity (Wildman–Crippen MR) is 63.4 cm³/mol. The molecular weight excluding hydrogens is 220 g/mol. The van der Waals surface area contributed by atoms with Crippen LogP contribution >= 0.6 is 0 Å². The molecule has 1 rings (SSSR count). The van der Waals surface area contributed by atoms with Crippen LogP contribution in [0.15, 0.2) is 12.2 Å². The summed E-state index contributed by atoms with van der Waals surface area (Å²) in [6, 6.07) is 0. The molecule has 1 aliphatic rings.